The number of carbonyl (C=O) groups excluding carboxylic acids is 2. The van der Waals surface area contributed by atoms with E-state index < -0.39 is 0 Å². The maximum absolute atomic E-state index is 12.5. The van der Waals surface area contributed by atoms with Crippen molar-refractivity contribution in [3.63, 3.8) is 0 Å². The summed E-state index contributed by atoms with van der Waals surface area (Å²) in [6.45, 7) is 6.98. The Morgan fingerprint density at radius 3 is 2.64 bits per heavy atom. The summed E-state index contributed by atoms with van der Waals surface area (Å²) in [4.78, 5) is 31.5. The largest absolute Gasteiger partial charge is 0.351 e. The second-order valence-electron chi connectivity index (χ2n) is 7.36. The summed E-state index contributed by atoms with van der Waals surface area (Å²) in [6.07, 6.45) is 3.72. The lowest BCUT2D eigenvalue weighted by atomic mass is 10.1. The van der Waals surface area contributed by atoms with Gasteiger partial charge in [0.2, 0.25) is 0 Å². The van der Waals surface area contributed by atoms with Crippen molar-refractivity contribution >= 4 is 11.8 Å². The number of rotatable bonds is 8. The summed E-state index contributed by atoms with van der Waals surface area (Å²) in [5.74, 6) is 0.379. The number of nitrogens with one attached hydrogen (secondary N) is 2. The Morgan fingerprint density at radius 1 is 1.20 bits per heavy atom. The second-order valence-corrected chi connectivity index (χ2v) is 7.36. The molecule has 2 N–H and O–H groups in total. The van der Waals surface area contributed by atoms with Crippen LogP contribution in [0, 0.1) is 5.92 Å². The minimum Gasteiger partial charge on any atom is -0.351 e. The molecule has 2 rings (SSSR count). The SMILES string of the molecule is CC(C)CNC(=O)c1nc(C(=O)NCCCN(C)C)c2n1CCCC2. The third-order valence-corrected chi connectivity index (χ3v) is 4.27. The van der Waals surface area contributed by atoms with E-state index in [1.807, 2.05) is 32.5 Å². The normalized spacial score (nSPS) is 13.8. The molecule has 7 nitrogen and oxygen atoms in total. The molecule has 1 aliphatic rings. The van der Waals surface area contributed by atoms with Gasteiger partial charge in [-0.1, -0.05) is 13.8 Å². The van der Waals surface area contributed by atoms with Crippen LogP contribution >= 0.6 is 0 Å². The lowest BCUT2D eigenvalue weighted by Crippen LogP contribution is -2.30. The van der Waals surface area contributed by atoms with E-state index >= 15 is 0 Å². The van der Waals surface area contributed by atoms with E-state index in [9.17, 15) is 9.59 Å². The molecular formula is C18H31N5O2. The van der Waals surface area contributed by atoms with Crippen molar-refractivity contribution < 1.29 is 9.59 Å². The molecule has 0 bridgehead atoms. The quantitative estimate of drug-likeness (QED) is 0.693. The van der Waals surface area contributed by atoms with Crippen LogP contribution in [-0.2, 0) is 13.0 Å². The maximum Gasteiger partial charge on any atom is 0.287 e. The smallest absolute Gasteiger partial charge is 0.287 e. The van der Waals surface area contributed by atoms with Gasteiger partial charge in [0.15, 0.2) is 5.82 Å². The van der Waals surface area contributed by atoms with Gasteiger partial charge in [-0.05, 0) is 52.2 Å². The van der Waals surface area contributed by atoms with E-state index in [-0.39, 0.29) is 11.8 Å². The molecule has 0 atom stereocenters. The molecule has 0 aromatic carbocycles. The Bertz CT molecular complexity index is 607. The van der Waals surface area contributed by atoms with Crippen LogP contribution in [0.3, 0.4) is 0 Å². The van der Waals surface area contributed by atoms with Gasteiger partial charge in [0.1, 0.15) is 5.69 Å². The predicted molar refractivity (Wildman–Crippen MR) is 97.8 cm³/mol. The summed E-state index contributed by atoms with van der Waals surface area (Å²) in [6, 6.07) is 0. The third kappa shape index (κ3) is 5.29. The summed E-state index contributed by atoms with van der Waals surface area (Å²) < 4.78 is 1.92. The monoisotopic (exact) mass is 349 g/mol. The van der Waals surface area contributed by atoms with E-state index in [0.29, 0.717) is 30.5 Å². The lowest BCUT2D eigenvalue weighted by molar-refractivity contribution is 0.0933. The fourth-order valence-corrected chi connectivity index (χ4v) is 2.96. The van der Waals surface area contributed by atoms with E-state index in [1.54, 1.807) is 0 Å². The molecule has 0 unspecified atom stereocenters. The Morgan fingerprint density at radius 2 is 1.96 bits per heavy atom. The molecule has 25 heavy (non-hydrogen) atoms. The Kier molecular flexibility index (Phi) is 6.99. The van der Waals surface area contributed by atoms with Crippen molar-refractivity contribution in [3.05, 3.63) is 17.2 Å². The summed E-state index contributed by atoms with van der Waals surface area (Å²) in [5.41, 5.74) is 1.31. The van der Waals surface area contributed by atoms with Crippen LogP contribution in [0.1, 0.15) is 59.9 Å². The van der Waals surface area contributed by atoms with Crippen LogP contribution in [0.15, 0.2) is 0 Å². The fraction of sp³-hybridized carbons (Fsp3) is 0.722. The lowest BCUT2D eigenvalue weighted by Gasteiger charge is -2.17. The average molecular weight is 349 g/mol. The molecule has 0 radical (unpaired) electrons. The van der Waals surface area contributed by atoms with Gasteiger partial charge in [-0.15, -0.1) is 0 Å². The van der Waals surface area contributed by atoms with Gasteiger partial charge < -0.3 is 20.1 Å². The van der Waals surface area contributed by atoms with Gasteiger partial charge in [0.05, 0.1) is 5.69 Å². The number of carbonyl (C=O) groups is 2. The number of aromatic nitrogens is 2. The van der Waals surface area contributed by atoms with Crippen LogP contribution in [0.2, 0.25) is 0 Å². The Labute approximate surface area is 150 Å². The van der Waals surface area contributed by atoms with Crippen molar-refractivity contribution in [1.82, 2.24) is 25.1 Å². The number of imidazole rings is 1. The van der Waals surface area contributed by atoms with Crippen LogP contribution in [0.5, 0.6) is 0 Å². The molecule has 1 aromatic rings. The first kappa shape index (κ1) is 19.4. The van der Waals surface area contributed by atoms with E-state index in [0.717, 1.165) is 44.5 Å². The average Bonchev–Trinajstić information content (AvgIpc) is 2.96. The van der Waals surface area contributed by atoms with Crippen molar-refractivity contribution in [3.8, 4) is 0 Å². The highest BCUT2D eigenvalue weighted by Gasteiger charge is 2.27. The highest BCUT2D eigenvalue weighted by atomic mass is 16.2. The maximum atomic E-state index is 12.5. The summed E-state index contributed by atoms with van der Waals surface area (Å²) in [7, 11) is 4.02. The first-order chi connectivity index (χ1) is 11.9. The highest BCUT2D eigenvalue weighted by molar-refractivity contribution is 5.97. The first-order valence-corrected chi connectivity index (χ1v) is 9.20. The van der Waals surface area contributed by atoms with E-state index in [2.05, 4.69) is 20.5 Å². The molecule has 0 saturated carbocycles. The van der Waals surface area contributed by atoms with Crippen molar-refractivity contribution in [2.45, 2.75) is 46.1 Å². The molecule has 0 aliphatic carbocycles. The highest BCUT2D eigenvalue weighted by Crippen LogP contribution is 2.21. The number of amides is 2. The number of fused-ring (bicyclic) bond motifs is 1. The van der Waals surface area contributed by atoms with E-state index in [1.165, 1.54) is 0 Å². The molecule has 0 fully saturated rings. The number of nitrogens with zero attached hydrogens (tertiary/aromatic N) is 3. The minimum absolute atomic E-state index is 0.174. The second kappa shape index (κ2) is 8.99. The van der Waals surface area contributed by atoms with Crippen molar-refractivity contribution in [2.75, 3.05) is 33.7 Å². The standard InChI is InChI=1S/C18H31N5O2/c1-13(2)12-20-18(25)16-21-15(14-8-5-6-11-23(14)16)17(24)19-9-7-10-22(3)4/h13H,5-12H2,1-4H3,(H,19,24)(H,20,25). The molecule has 2 heterocycles. The van der Waals surface area contributed by atoms with Crippen molar-refractivity contribution in [2.24, 2.45) is 5.92 Å². The molecule has 140 valence electrons. The Balaban J connectivity index is 2.10. The molecule has 2 amide bonds. The zero-order valence-corrected chi connectivity index (χ0v) is 15.9. The van der Waals surface area contributed by atoms with Crippen LogP contribution < -0.4 is 10.6 Å². The van der Waals surface area contributed by atoms with Crippen LogP contribution in [-0.4, -0.2) is 60.0 Å². The zero-order valence-electron chi connectivity index (χ0n) is 15.9. The molecule has 0 spiro atoms. The van der Waals surface area contributed by atoms with Gasteiger partial charge in [0, 0.05) is 19.6 Å². The molecule has 7 heteroatoms. The van der Waals surface area contributed by atoms with Gasteiger partial charge in [-0.2, -0.15) is 0 Å². The van der Waals surface area contributed by atoms with Crippen LogP contribution in [0.25, 0.3) is 0 Å². The summed E-state index contributed by atoms with van der Waals surface area (Å²) >= 11 is 0. The van der Waals surface area contributed by atoms with Gasteiger partial charge in [-0.25, -0.2) is 4.98 Å². The topological polar surface area (TPSA) is 79.3 Å². The molecule has 0 saturated heterocycles. The third-order valence-electron chi connectivity index (χ3n) is 4.27. The van der Waals surface area contributed by atoms with Gasteiger partial charge >= 0.3 is 0 Å². The zero-order chi connectivity index (χ0) is 18.4. The molecule has 1 aliphatic heterocycles. The van der Waals surface area contributed by atoms with Gasteiger partial charge in [0.25, 0.3) is 11.8 Å². The minimum atomic E-state index is -0.191. The van der Waals surface area contributed by atoms with E-state index in [4.69, 9.17) is 0 Å². The number of hydrogen-bond acceptors (Lipinski definition) is 4. The Hall–Kier alpha value is -1.89. The predicted octanol–water partition coefficient (Wildman–Crippen LogP) is 1.29. The molecule has 1 aromatic heterocycles. The fourth-order valence-electron chi connectivity index (χ4n) is 2.96. The number of hydrogen-bond donors (Lipinski definition) is 2. The molecular weight excluding hydrogens is 318 g/mol. The summed E-state index contributed by atoms with van der Waals surface area (Å²) in [5, 5.41) is 5.84. The first-order valence-electron chi connectivity index (χ1n) is 9.20. The van der Waals surface area contributed by atoms with Crippen LogP contribution in [0.4, 0.5) is 0 Å². The van der Waals surface area contributed by atoms with Crippen molar-refractivity contribution in [1.29, 1.82) is 0 Å². The van der Waals surface area contributed by atoms with Gasteiger partial charge in [-0.3, -0.25) is 9.59 Å².